The predicted octanol–water partition coefficient (Wildman–Crippen LogP) is 0.996. The molecule has 0 saturated carbocycles. The van der Waals surface area contributed by atoms with Crippen molar-refractivity contribution in [3.8, 4) is 11.6 Å². The van der Waals surface area contributed by atoms with Crippen LogP contribution in [0.25, 0.3) is 28.4 Å². The second-order valence-corrected chi connectivity index (χ2v) is 10.7. The number of nitrogens with one attached hydrogen (secondary N) is 2. The fourth-order valence-electron chi connectivity index (χ4n) is 5.54. The van der Waals surface area contributed by atoms with Crippen molar-refractivity contribution in [3.05, 3.63) is 54.3 Å². The van der Waals surface area contributed by atoms with Crippen molar-refractivity contribution in [2.75, 3.05) is 69.7 Å². The van der Waals surface area contributed by atoms with Crippen LogP contribution in [-0.2, 0) is 11.3 Å². The number of nitrogen functional groups attached to an aromatic ring is 1. The van der Waals surface area contributed by atoms with Crippen LogP contribution < -0.4 is 21.3 Å². The topological polar surface area (TPSA) is 157 Å². The van der Waals surface area contributed by atoms with Crippen molar-refractivity contribution in [2.45, 2.75) is 12.6 Å². The Bertz CT molecular complexity index is 1740. The summed E-state index contributed by atoms with van der Waals surface area (Å²) in [7, 11) is 0. The quantitative estimate of drug-likeness (QED) is 0.237. The van der Waals surface area contributed by atoms with Gasteiger partial charge in [-0.1, -0.05) is 0 Å². The number of morpholine rings is 1. The van der Waals surface area contributed by atoms with Gasteiger partial charge in [0, 0.05) is 64.0 Å². The number of benzene rings is 1. The first-order valence-corrected chi connectivity index (χ1v) is 14.3. The van der Waals surface area contributed by atoms with Gasteiger partial charge in [-0.3, -0.25) is 9.69 Å². The highest BCUT2D eigenvalue weighted by Gasteiger charge is 2.22. The number of ether oxygens (including phenoxy) is 1. The SMILES string of the molecule is Nc1nc2c(ncn2CCN2CCN(c3ccc(C(=O)NCC4COCCN4)cc3F)CC2)c2nc(-c3ccco3)nn12. The minimum atomic E-state index is -0.399. The summed E-state index contributed by atoms with van der Waals surface area (Å²) >= 11 is 0. The molecule has 0 radical (unpaired) electrons. The van der Waals surface area contributed by atoms with Crippen molar-refractivity contribution in [3.63, 3.8) is 0 Å². The van der Waals surface area contributed by atoms with Crippen molar-refractivity contribution in [1.29, 1.82) is 0 Å². The highest BCUT2D eigenvalue weighted by molar-refractivity contribution is 5.94. The van der Waals surface area contributed by atoms with Crippen LogP contribution in [0.3, 0.4) is 0 Å². The lowest BCUT2D eigenvalue weighted by atomic mass is 10.1. The third kappa shape index (κ3) is 5.49. The van der Waals surface area contributed by atoms with Gasteiger partial charge in [0.2, 0.25) is 11.8 Å². The van der Waals surface area contributed by atoms with Gasteiger partial charge in [0.05, 0.1) is 31.5 Å². The van der Waals surface area contributed by atoms with Gasteiger partial charge in [0.1, 0.15) is 5.82 Å². The second-order valence-electron chi connectivity index (χ2n) is 10.7. The van der Waals surface area contributed by atoms with E-state index in [0.717, 1.165) is 26.2 Å². The lowest BCUT2D eigenvalue weighted by Crippen LogP contribution is -2.48. The Balaban J connectivity index is 0.953. The Morgan fingerprint density at radius 3 is 2.79 bits per heavy atom. The zero-order chi connectivity index (χ0) is 29.3. The van der Waals surface area contributed by atoms with E-state index >= 15 is 4.39 Å². The summed E-state index contributed by atoms with van der Waals surface area (Å²) < 4.78 is 29.3. The second kappa shape index (κ2) is 11.6. The van der Waals surface area contributed by atoms with Crippen LogP contribution in [0.2, 0.25) is 0 Å². The van der Waals surface area contributed by atoms with Crippen molar-refractivity contribution in [1.82, 2.24) is 44.7 Å². The number of nitrogens with zero attached hydrogens (tertiary/aromatic N) is 8. The third-order valence-electron chi connectivity index (χ3n) is 7.90. The molecule has 4 aromatic heterocycles. The molecule has 2 aliphatic heterocycles. The maximum Gasteiger partial charge on any atom is 0.251 e. The zero-order valence-corrected chi connectivity index (χ0v) is 23.4. The summed E-state index contributed by atoms with van der Waals surface area (Å²) in [6.07, 6.45) is 3.30. The minimum Gasteiger partial charge on any atom is -0.461 e. The maximum absolute atomic E-state index is 15.1. The molecule has 15 heteroatoms. The number of piperazine rings is 1. The summed E-state index contributed by atoms with van der Waals surface area (Å²) in [5.74, 6) is 0.465. The molecule has 1 unspecified atom stereocenters. The van der Waals surface area contributed by atoms with Gasteiger partial charge in [0.25, 0.3) is 5.91 Å². The Labute approximate surface area is 245 Å². The molecular weight excluding hydrogens is 557 g/mol. The van der Waals surface area contributed by atoms with E-state index in [4.69, 9.17) is 14.9 Å². The van der Waals surface area contributed by atoms with Gasteiger partial charge >= 0.3 is 0 Å². The van der Waals surface area contributed by atoms with Crippen LogP contribution in [0.4, 0.5) is 16.0 Å². The third-order valence-corrected chi connectivity index (χ3v) is 7.90. The molecule has 14 nitrogen and oxygen atoms in total. The molecule has 1 aromatic carbocycles. The summed E-state index contributed by atoms with van der Waals surface area (Å²) in [4.78, 5) is 30.6. The summed E-state index contributed by atoms with van der Waals surface area (Å²) in [6.45, 7) is 6.68. The van der Waals surface area contributed by atoms with Crippen LogP contribution in [0.5, 0.6) is 0 Å². The molecule has 5 aromatic rings. The van der Waals surface area contributed by atoms with Gasteiger partial charge in [-0.15, -0.1) is 5.10 Å². The molecule has 7 rings (SSSR count). The van der Waals surface area contributed by atoms with Gasteiger partial charge < -0.3 is 35.0 Å². The van der Waals surface area contributed by atoms with Gasteiger partial charge in [-0.2, -0.15) is 9.50 Å². The lowest BCUT2D eigenvalue weighted by molar-refractivity contribution is 0.0734. The fourth-order valence-corrected chi connectivity index (χ4v) is 5.54. The van der Waals surface area contributed by atoms with Gasteiger partial charge in [-0.05, 0) is 30.3 Å². The molecule has 4 N–H and O–H groups in total. The van der Waals surface area contributed by atoms with Crippen LogP contribution >= 0.6 is 0 Å². The lowest BCUT2D eigenvalue weighted by Gasteiger charge is -2.36. The first-order chi connectivity index (χ1) is 21.0. The number of hydrogen-bond donors (Lipinski definition) is 3. The summed E-state index contributed by atoms with van der Waals surface area (Å²) in [5.41, 5.74) is 8.78. The number of anilines is 2. The van der Waals surface area contributed by atoms with Crippen molar-refractivity contribution >= 4 is 34.4 Å². The molecule has 1 amide bonds. The average Bonchev–Trinajstić information content (AvgIpc) is 3.80. The molecular formula is C28H32FN11O3. The average molecular weight is 590 g/mol. The number of amides is 1. The molecule has 224 valence electrons. The fraction of sp³-hybridized carbons (Fsp3) is 0.393. The molecule has 2 aliphatic rings. The number of carbonyl (C=O) groups excluding carboxylic acids is 1. The van der Waals surface area contributed by atoms with E-state index in [1.54, 1.807) is 36.9 Å². The number of rotatable bonds is 8. The predicted molar refractivity (Wildman–Crippen MR) is 156 cm³/mol. The normalized spacial score (nSPS) is 18.1. The smallest absolute Gasteiger partial charge is 0.251 e. The highest BCUT2D eigenvalue weighted by Crippen LogP contribution is 2.24. The number of nitrogens with two attached hydrogens (primary N) is 1. The molecule has 2 fully saturated rings. The maximum atomic E-state index is 15.1. The van der Waals surface area contributed by atoms with Gasteiger partial charge in [-0.25, -0.2) is 14.4 Å². The number of imidazole rings is 1. The van der Waals surface area contributed by atoms with Crippen LogP contribution in [-0.4, -0.2) is 105 Å². The van der Waals surface area contributed by atoms with Crippen LogP contribution in [0.15, 0.2) is 47.3 Å². The van der Waals surface area contributed by atoms with Crippen molar-refractivity contribution < 1.29 is 18.3 Å². The molecule has 1 atom stereocenters. The number of furan rings is 1. The molecule has 2 saturated heterocycles. The number of carbonyl (C=O) groups is 1. The van der Waals surface area contributed by atoms with Crippen LogP contribution in [0.1, 0.15) is 10.4 Å². The van der Waals surface area contributed by atoms with Gasteiger partial charge in [0.15, 0.2) is 22.6 Å². The number of fused-ring (bicyclic) bond motifs is 3. The molecule has 0 bridgehead atoms. The van der Waals surface area contributed by atoms with E-state index in [1.165, 1.54) is 10.6 Å². The molecule has 0 aliphatic carbocycles. The van der Waals surface area contributed by atoms with E-state index in [9.17, 15) is 4.79 Å². The summed E-state index contributed by atoms with van der Waals surface area (Å²) in [5, 5.41) is 10.6. The number of hydrogen-bond acceptors (Lipinski definition) is 11. The largest absolute Gasteiger partial charge is 0.461 e. The summed E-state index contributed by atoms with van der Waals surface area (Å²) in [6, 6.07) is 8.30. The molecule has 0 spiro atoms. The Morgan fingerprint density at radius 1 is 1.14 bits per heavy atom. The van der Waals surface area contributed by atoms with E-state index in [2.05, 4.69) is 35.6 Å². The first kappa shape index (κ1) is 27.2. The Morgan fingerprint density at radius 2 is 2.02 bits per heavy atom. The van der Waals surface area contributed by atoms with E-state index in [-0.39, 0.29) is 17.9 Å². The van der Waals surface area contributed by atoms with Crippen molar-refractivity contribution in [2.24, 2.45) is 0 Å². The standard InChI is InChI=1S/C28H32FN11O3/c29-20-14-18(27(41)32-15-19-16-42-13-5-31-19)3-4-21(20)38-9-6-37(7-10-38)8-11-39-17-33-23-25(39)35-28(30)40-26(23)34-24(36-40)22-2-1-12-43-22/h1-4,12,14,17,19,31H,5-11,13,15-16H2,(H2,30,35)(H,32,41). The monoisotopic (exact) mass is 589 g/mol. The molecule has 43 heavy (non-hydrogen) atoms. The number of halogens is 1. The van der Waals surface area contributed by atoms with E-state index in [1.807, 2.05) is 9.47 Å². The highest BCUT2D eigenvalue weighted by atomic mass is 19.1. The molecule has 6 heterocycles. The van der Waals surface area contributed by atoms with E-state index < -0.39 is 5.82 Å². The number of aromatic nitrogens is 6. The zero-order valence-electron chi connectivity index (χ0n) is 23.4. The Hall–Kier alpha value is -4.60. The minimum absolute atomic E-state index is 0.0610. The van der Waals surface area contributed by atoms with E-state index in [0.29, 0.717) is 79.0 Å². The Kier molecular flexibility index (Phi) is 7.34. The van der Waals surface area contributed by atoms with Crippen LogP contribution in [0, 0.1) is 5.82 Å². The first-order valence-electron chi connectivity index (χ1n) is 14.3.